The van der Waals surface area contributed by atoms with Gasteiger partial charge in [-0.2, -0.15) is 0 Å². The smallest absolute Gasteiger partial charge is 0.326 e. The van der Waals surface area contributed by atoms with Crippen LogP contribution < -0.4 is 5.32 Å². The highest BCUT2D eigenvalue weighted by atomic mass is 16.4. The monoisotopic (exact) mass is 266 g/mol. The van der Waals surface area contributed by atoms with Crippen molar-refractivity contribution in [1.29, 1.82) is 0 Å². The first-order valence-electron chi connectivity index (χ1n) is 7.45. The molecule has 3 fully saturated rings. The molecular formula is C14H22N2O3. The zero-order valence-corrected chi connectivity index (χ0v) is 11.2. The minimum absolute atomic E-state index is 0.162. The van der Waals surface area contributed by atoms with Crippen molar-refractivity contribution in [3.8, 4) is 0 Å². The summed E-state index contributed by atoms with van der Waals surface area (Å²) in [6.07, 6.45) is 7.24. The van der Waals surface area contributed by atoms with Crippen molar-refractivity contribution in [2.45, 2.75) is 57.0 Å². The second-order valence-electron chi connectivity index (χ2n) is 6.27. The SMILES string of the molecule is O=C(O)C1CCCCN1C(=O)NC1CC2CCC1C2. The lowest BCUT2D eigenvalue weighted by atomic mass is 9.95. The van der Waals surface area contributed by atoms with Crippen LogP contribution in [0.15, 0.2) is 0 Å². The molecule has 2 N–H and O–H groups in total. The van der Waals surface area contributed by atoms with Crippen molar-refractivity contribution >= 4 is 12.0 Å². The molecule has 2 bridgehead atoms. The van der Waals surface area contributed by atoms with Gasteiger partial charge in [0.25, 0.3) is 0 Å². The largest absolute Gasteiger partial charge is 0.480 e. The van der Waals surface area contributed by atoms with Crippen LogP contribution in [0.3, 0.4) is 0 Å². The van der Waals surface area contributed by atoms with Crippen molar-refractivity contribution in [2.75, 3.05) is 6.54 Å². The van der Waals surface area contributed by atoms with Crippen molar-refractivity contribution in [3.05, 3.63) is 0 Å². The molecule has 1 saturated heterocycles. The lowest BCUT2D eigenvalue weighted by Gasteiger charge is -2.35. The topological polar surface area (TPSA) is 69.6 Å². The summed E-state index contributed by atoms with van der Waals surface area (Å²) in [4.78, 5) is 25.0. The van der Waals surface area contributed by atoms with Crippen LogP contribution in [-0.4, -0.2) is 40.6 Å². The molecule has 4 atom stereocenters. The van der Waals surface area contributed by atoms with E-state index in [9.17, 15) is 14.7 Å². The molecule has 5 nitrogen and oxygen atoms in total. The highest BCUT2D eigenvalue weighted by Gasteiger charge is 2.41. The van der Waals surface area contributed by atoms with Gasteiger partial charge < -0.3 is 15.3 Å². The molecule has 3 aliphatic rings. The van der Waals surface area contributed by atoms with Crippen LogP contribution in [0, 0.1) is 11.8 Å². The van der Waals surface area contributed by atoms with Gasteiger partial charge in [0.2, 0.25) is 0 Å². The third-order valence-electron chi connectivity index (χ3n) is 5.10. The zero-order chi connectivity index (χ0) is 13.4. The van der Waals surface area contributed by atoms with E-state index in [0.717, 1.165) is 25.2 Å². The van der Waals surface area contributed by atoms with Crippen LogP contribution in [0.2, 0.25) is 0 Å². The summed E-state index contributed by atoms with van der Waals surface area (Å²) in [7, 11) is 0. The summed E-state index contributed by atoms with van der Waals surface area (Å²) < 4.78 is 0. The Kier molecular flexibility index (Phi) is 3.37. The predicted molar refractivity (Wildman–Crippen MR) is 69.7 cm³/mol. The Hall–Kier alpha value is -1.26. The molecule has 0 aromatic rings. The number of aliphatic carboxylic acids is 1. The van der Waals surface area contributed by atoms with Gasteiger partial charge in [-0.05, 0) is 50.4 Å². The number of hydrogen-bond acceptors (Lipinski definition) is 2. The Morgan fingerprint density at radius 1 is 1.11 bits per heavy atom. The number of carboxylic acid groups (broad SMARTS) is 1. The Morgan fingerprint density at radius 3 is 2.58 bits per heavy atom. The molecule has 1 heterocycles. The molecule has 0 aromatic heterocycles. The molecule has 3 rings (SSSR count). The maximum absolute atomic E-state index is 12.3. The first-order chi connectivity index (χ1) is 9.15. The quantitative estimate of drug-likeness (QED) is 0.801. The Bertz CT molecular complexity index is 385. The van der Waals surface area contributed by atoms with Gasteiger partial charge in [0.15, 0.2) is 0 Å². The number of nitrogens with zero attached hydrogens (tertiary/aromatic N) is 1. The molecule has 19 heavy (non-hydrogen) atoms. The van der Waals surface area contributed by atoms with Crippen LogP contribution in [-0.2, 0) is 4.79 Å². The van der Waals surface area contributed by atoms with Gasteiger partial charge in [-0.25, -0.2) is 9.59 Å². The van der Waals surface area contributed by atoms with Gasteiger partial charge in [0.1, 0.15) is 6.04 Å². The summed E-state index contributed by atoms with van der Waals surface area (Å²) in [5.74, 6) is 0.539. The van der Waals surface area contributed by atoms with E-state index in [4.69, 9.17) is 0 Å². The molecule has 2 aliphatic carbocycles. The lowest BCUT2D eigenvalue weighted by Crippen LogP contribution is -2.54. The normalized spacial score (nSPS) is 37.4. The number of carbonyl (C=O) groups excluding carboxylic acids is 1. The highest BCUT2D eigenvalue weighted by molar-refractivity contribution is 5.83. The average molecular weight is 266 g/mol. The Balaban J connectivity index is 1.61. The fourth-order valence-corrected chi connectivity index (χ4v) is 4.09. The molecule has 2 amide bonds. The van der Waals surface area contributed by atoms with E-state index in [0.29, 0.717) is 18.9 Å². The second-order valence-corrected chi connectivity index (χ2v) is 6.27. The second kappa shape index (κ2) is 5.02. The van der Waals surface area contributed by atoms with Gasteiger partial charge in [-0.3, -0.25) is 0 Å². The van der Waals surface area contributed by atoms with Gasteiger partial charge in [-0.15, -0.1) is 0 Å². The Morgan fingerprint density at radius 2 is 1.95 bits per heavy atom. The first kappa shape index (κ1) is 12.8. The number of piperidine rings is 1. The van der Waals surface area contributed by atoms with Crippen molar-refractivity contribution < 1.29 is 14.7 Å². The van der Waals surface area contributed by atoms with E-state index in [1.807, 2.05) is 0 Å². The lowest BCUT2D eigenvalue weighted by molar-refractivity contribution is -0.143. The molecule has 0 aromatic carbocycles. The summed E-state index contributed by atoms with van der Waals surface area (Å²) in [5, 5.41) is 12.3. The summed E-state index contributed by atoms with van der Waals surface area (Å²) in [6, 6.07) is -0.514. The predicted octanol–water partition coefficient (Wildman–Crippen LogP) is 1.82. The molecular weight excluding hydrogens is 244 g/mol. The number of fused-ring (bicyclic) bond motifs is 2. The molecule has 0 radical (unpaired) electrons. The summed E-state index contributed by atoms with van der Waals surface area (Å²) in [5.41, 5.74) is 0. The maximum Gasteiger partial charge on any atom is 0.326 e. The fraction of sp³-hybridized carbons (Fsp3) is 0.857. The number of carbonyl (C=O) groups is 2. The number of nitrogens with one attached hydrogen (secondary N) is 1. The van der Waals surface area contributed by atoms with E-state index in [1.54, 1.807) is 0 Å². The van der Waals surface area contributed by atoms with Crippen molar-refractivity contribution in [2.24, 2.45) is 11.8 Å². The van der Waals surface area contributed by atoms with E-state index in [1.165, 1.54) is 24.2 Å². The zero-order valence-electron chi connectivity index (χ0n) is 11.2. The van der Waals surface area contributed by atoms with Crippen LogP contribution in [0.25, 0.3) is 0 Å². The van der Waals surface area contributed by atoms with E-state index >= 15 is 0 Å². The van der Waals surface area contributed by atoms with Gasteiger partial charge in [0.05, 0.1) is 0 Å². The number of carboxylic acids is 1. The molecule has 106 valence electrons. The van der Waals surface area contributed by atoms with E-state index < -0.39 is 12.0 Å². The fourth-order valence-electron chi connectivity index (χ4n) is 4.09. The summed E-state index contributed by atoms with van der Waals surface area (Å²) in [6.45, 7) is 0.573. The number of urea groups is 1. The number of likely N-dealkylation sites (tertiary alicyclic amines) is 1. The number of hydrogen-bond donors (Lipinski definition) is 2. The van der Waals surface area contributed by atoms with Gasteiger partial charge >= 0.3 is 12.0 Å². The average Bonchev–Trinajstić information content (AvgIpc) is 3.01. The third kappa shape index (κ3) is 2.42. The van der Waals surface area contributed by atoms with Gasteiger partial charge in [0, 0.05) is 12.6 Å². The minimum atomic E-state index is -0.872. The highest BCUT2D eigenvalue weighted by Crippen LogP contribution is 2.44. The van der Waals surface area contributed by atoms with Crippen LogP contribution in [0.4, 0.5) is 4.79 Å². The molecule has 1 aliphatic heterocycles. The van der Waals surface area contributed by atoms with Crippen LogP contribution >= 0.6 is 0 Å². The van der Waals surface area contributed by atoms with Crippen molar-refractivity contribution in [1.82, 2.24) is 10.2 Å². The first-order valence-corrected chi connectivity index (χ1v) is 7.45. The molecule has 5 heteroatoms. The van der Waals surface area contributed by atoms with Crippen LogP contribution in [0.5, 0.6) is 0 Å². The number of rotatable bonds is 2. The Labute approximate surface area is 113 Å². The molecule has 2 saturated carbocycles. The maximum atomic E-state index is 12.3. The minimum Gasteiger partial charge on any atom is -0.480 e. The van der Waals surface area contributed by atoms with E-state index in [2.05, 4.69) is 5.32 Å². The summed E-state index contributed by atoms with van der Waals surface area (Å²) >= 11 is 0. The molecule has 4 unspecified atom stereocenters. The molecule has 0 spiro atoms. The van der Waals surface area contributed by atoms with E-state index in [-0.39, 0.29) is 12.1 Å². The van der Waals surface area contributed by atoms with Crippen molar-refractivity contribution in [3.63, 3.8) is 0 Å². The van der Waals surface area contributed by atoms with Crippen LogP contribution in [0.1, 0.15) is 44.9 Å². The van der Waals surface area contributed by atoms with Gasteiger partial charge in [-0.1, -0.05) is 6.42 Å². The number of amides is 2. The third-order valence-corrected chi connectivity index (χ3v) is 5.10. The standard InChI is InChI=1S/C14H22N2O3/c17-13(18)12-3-1-2-6-16(12)14(19)15-11-8-9-4-5-10(11)7-9/h9-12H,1-8H2,(H,15,19)(H,17,18).